The van der Waals surface area contributed by atoms with Gasteiger partial charge in [-0.2, -0.15) is 53.0 Å². The topological polar surface area (TPSA) is 56.0 Å². The van der Waals surface area contributed by atoms with E-state index in [0.29, 0.717) is 10.1 Å². The van der Waals surface area contributed by atoms with Crippen LogP contribution < -0.4 is 10.0 Å². The molecular weight excluding hydrogens is 608 g/mol. The first-order chi connectivity index (χ1) is 17.6. The Balaban J connectivity index is 2.19. The minimum atomic E-state index is -7.18. The van der Waals surface area contributed by atoms with E-state index in [1.54, 1.807) is 5.32 Å². The minimum absolute atomic E-state index is 0.0988. The maximum atomic E-state index is 14.9. The molecule has 0 saturated heterocycles. The van der Waals surface area contributed by atoms with Crippen molar-refractivity contribution in [2.45, 2.75) is 34.3 Å². The number of anilines is 1. The third kappa shape index (κ3) is 5.64. The van der Waals surface area contributed by atoms with E-state index in [-0.39, 0.29) is 5.52 Å². The number of nitrogens with zero attached hydrogens (tertiary/aromatic N) is 1. The Labute approximate surface area is 218 Å². The Kier molecular flexibility index (Phi) is 7.68. The SMILES string of the molecule is O=C(Nc1c(Cl)cc(C(F)(C(F)(F)F)C(F)(F)C(F)(F)F)cc1SC(F)(F)F)c1ccc2ccc[n+]([O-])c2c1. The average molecular weight is 617 g/mol. The molecule has 0 aliphatic carbocycles. The van der Waals surface area contributed by atoms with Crippen LogP contribution in [-0.2, 0) is 5.67 Å². The predicted octanol–water partition coefficient (Wildman–Crippen LogP) is 7.92. The van der Waals surface area contributed by atoms with Crippen LogP contribution in [0.2, 0.25) is 5.02 Å². The van der Waals surface area contributed by atoms with Crippen LogP contribution in [-0.4, -0.2) is 29.7 Å². The molecule has 0 saturated carbocycles. The highest BCUT2D eigenvalue weighted by Crippen LogP contribution is 2.59. The molecule has 4 nitrogen and oxygen atoms in total. The first kappa shape index (κ1) is 30.5. The summed E-state index contributed by atoms with van der Waals surface area (Å²) in [4.78, 5) is 11.0. The number of benzene rings is 2. The molecule has 2 aromatic carbocycles. The van der Waals surface area contributed by atoms with Crippen molar-refractivity contribution in [3.63, 3.8) is 0 Å². The quantitative estimate of drug-likeness (QED) is 0.137. The molecule has 212 valence electrons. The molecule has 39 heavy (non-hydrogen) atoms. The molecule has 3 rings (SSSR count). The van der Waals surface area contributed by atoms with Gasteiger partial charge in [0, 0.05) is 33.5 Å². The zero-order valence-corrected chi connectivity index (χ0v) is 19.8. The van der Waals surface area contributed by atoms with Crippen LogP contribution in [0.4, 0.5) is 58.4 Å². The van der Waals surface area contributed by atoms with Gasteiger partial charge in [0.15, 0.2) is 6.20 Å². The molecule has 1 heterocycles. The maximum Gasteiger partial charge on any atom is 0.457 e. The van der Waals surface area contributed by atoms with Gasteiger partial charge in [-0.05, 0) is 42.1 Å². The molecule has 0 bridgehead atoms. The lowest BCUT2D eigenvalue weighted by molar-refractivity contribution is -0.577. The largest absolute Gasteiger partial charge is 0.618 e. The molecule has 0 radical (unpaired) electrons. The van der Waals surface area contributed by atoms with Crippen LogP contribution in [0.1, 0.15) is 15.9 Å². The molecule has 18 heteroatoms. The number of thioether (sulfide) groups is 1. The number of alkyl halides is 12. The van der Waals surface area contributed by atoms with Gasteiger partial charge in [-0.25, -0.2) is 4.39 Å². The monoisotopic (exact) mass is 616 g/mol. The van der Waals surface area contributed by atoms with Gasteiger partial charge in [-0.3, -0.25) is 4.79 Å². The van der Waals surface area contributed by atoms with Crippen molar-refractivity contribution < 1.29 is 62.2 Å². The molecule has 1 amide bonds. The van der Waals surface area contributed by atoms with E-state index >= 15 is 0 Å². The number of amides is 1. The van der Waals surface area contributed by atoms with E-state index in [4.69, 9.17) is 11.6 Å². The fourth-order valence-corrected chi connectivity index (χ4v) is 4.35. The van der Waals surface area contributed by atoms with Gasteiger partial charge in [0.25, 0.3) is 5.91 Å². The zero-order chi connectivity index (χ0) is 29.8. The molecule has 1 aromatic heterocycles. The van der Waals surface area contributed by atoms with Gasteiger partial charge >= 0.3 is 29.5 Å². The van der Waals surface area contributed by atoms with Gasteiger partial charge in [0.05, 0.1) is 10.7 Å². The average Bonchev–Trinajstić information content (AvgIpc) is 2.77. The molecule has 0 aliphatic heterocycles. The lowest BCUT2D eigenvalue weighted by atomic mass is 9.87. The number of carbonyl (C=O) groups is 1. The van der Waals surface area contributed by atoms with Gasteiger partial charge in [-0.15, -0.1) is 0 Å². The highest BCUT2D eigenvalue weighted by atomic mass is 35.5. The second-order valence-corrected chi connectivity index (χ2v) is 9.18. The lowest BCUT2D eigenvalue weighted by Crippen LogP contribution is -2.59. The molecule has 0 fully saturated rings. The Morgan fingerprint density at radius 2 is 1.49 bits per heavy atom. The number of hydrogen-bond donors (Lipinski definition) is 1. The van der Waals surface area contributed by atoms with Crippen molar-refractivity contribution >= 4 is 45.9 Å². The summed E-state index contributed by atoms with van der Waals surface area (Å²) in [6.07, 6.45) is -13.1. The number of fused-ring (bicyclic) bond motifs is 1. The summed E-state index contributed by atoms with van der Waals surface area (Å²) in [5.74, 6) is -8.49. The Hall–Kier alpha value is -3.08. The van der Waals surface area contributed by atoms with Crippen molar-refractivity contribution in [2.75, 3.05) is 5.32 Å². The summed E-state index contributed by atoms with van der Waals surface area (Å²) in [6.45, 7) is 0. The van der Waals surface area contributed by atoms with Crippen LogP contribution in [0.15, 0.2) is 53.6 Å². The van der Waals surface area contributed by atoms with E-state index in [9.17, 15) is 62.7 Å². The van der Waals surface area contributed by atoms with Crippen molar-refractivity contribution in [3.05, 3.63) is 70.0 Å². The van der Waals surface area contributed by atoms with E-state index in [2.05, 4.69) is 0 Å². The summed E-state index contributed by atoms with van der Waals surface area (Å²) >= 11 is 4.26. The van der Waals surface area contributed by atoms with Crippen molar-refractivity contribution in [2.24, 2.45) is 0 Å². The number of pyridine rings is 1. The lowest BCUT2D eigenvalue weighted by Gasteiger charge is -2.36. The van der Waals surface area contributed by atoms with Crippen LogP contribution in [0.5, 0.6) is 0 Å². The first-order valence-electron chi connectivity index (χ1n) is 9.83. The van der Waals surface area contributed by atoms with Gasteiger partial charge in [-0.1, -0.05) is 11.6 Å². The van der Waals surface area contributed by atoms with Crippen LogP contribution in [0.25, 0.3) is 10.9 Å². The number of hydrogen-bond acceptors (Lipinski definition) is 3. The van der Waals surface area contributed by atoms with E-state index in [1.807, 2.05) is 0 Å². The van der Waals surface area contributed by atoms with Crippen LogP contribution >= 0.6 is 23.4 Å². The molecule has 0 aliphatic rings. The number of halogens is 13. The fraction of sp³-hybridized carbons (Fsp3) is 0.238. The Bertz CT molecular complexity index is 1430. The smallest absolute Gasteiger partial charge is 0.457 e. The standard InChI is InChI=1S/C21H9ClF12N2O2S/c22-12-7-11(17(23,19(26,27)28)18(24,25)20(29,30)31)8-14(39-21(32,33)34)15(12)35-16(37)10-4-3-9-2-1-5-36(38)13(9)6-10/h1-8H,(H,35,37). The third-order valence-electron chi connectivity index (χ3n) is 5.12. The molecular formula is C21H9ClF12N2O2S. The summed E-state index contributed by atoms with van der Waals surface area (Å²) < 4.78 is 161. The van der Waals surface area contributed by atoms with Gasteiger partial charge in [0.2, 0.25) is 5.52 Å². The second kappa shape index (κ2) is 9.83. The number of aromatic nitrogens is 1. The van der Waals surface area contributed by atoms with E-state index < -0.39 is 86.0 Å². The van der Waals surface area contributed by atoms with Crippen molar-refractivity contribution in [1.29, 1.82) is 0 Å². The van der Waals surface area contributed by atoms with Gasteiger partial charge < -0.3 is 10.5 Å². The van der Waals surface area contributed by atoms with Crippen molar-refractivity contribution in [1.82, 2.24) is 0 Å². The van der Waals surface area contributed by atoms with Gasteiger partial charge in [0.1, 0.15) is 0 Å². The van der Waals surface area contributed by atoms with Crippen LogP contribution in [0.3, 0.4) is 0 Å². The molecule has 0 spiro atoms. The zero-order valence-electron chi connectivity index (χ0n) is 18.2. The fourth-order valence-electron chi connectivity index (χ4n) is 3.33. The Morgan fingerprint density at radius 3 is 2.03 bits per heavy atom. The second-order valence-electron chi connectivity index (χ2n) is 7.67. The maximum absolute atomic E-state index is 14.9. The predicted molar refractivity (Wildman–Crippen MR) is 114 cm³/mol. The van der Waals surface area contributed by atoms with E-state index in [0.717, 1.165) is 18.3 Å². The summed E-state index contributed by atoms with van der Waals surface area (Å²) in [7, 11) is 0. The first-order valence-corrected chi connectivity index (χ1v) is 11.0. The summed E-state index contributed by atoms with van der Waals surface area (Å²) in [5, 5.41) is 12.6. The molecule has 1 N–H and O–H groups in total. The summed E-state index contributed by atoms with van der Waals surface area (Å²) in [6, 6.07) is 5.13. The van der Waals surface area contributed by atoms with E-state index in [1.165, 1.54) is 18.2 Å². The molecule has 3 aromatic rings. The third-order valence-corrected chi connectivity index (χ3v) is 6.19. The molecule has 1 atom stereocenters. The molecule has 1 unspecified atom stereocenters. The summed E-state index contributed by atoms with van der Waals surface area (Å²) in [5.41, 5.74) is -16.3. The van der Waals surface area contributed by atoms with Crippen molar-refractivity contribution in [3.8, 4) is 0 Å². The number of nitrogens with one attached hydrogen (secondary N) is 1. The number of carbonyl (C=O) groups excluding carboxylic acids is 1. The highest BCUT2D eigenvalue weighted by molar-refractivity contribution is 8.00. The normalized spacial score (nSPS) is 14.8. The minimum Gasteiger partial charge on any atom is -0.618 e. The van der Waals surface area contributed by atoms with Crippen LogP contribution in [0, 0.1) is 5.21 Å². The Morgan fingerprint density at radius 1 is 0.872 bits per heavy atom. The number of rotatable bonds is 5. The highest BCUT2D eigenvalue weighted by Gasteiger charge is 2.81.